The van der Waals surface area contributed by atoms with Crippen LogP contribution in [-0.2, 0) is 14.0 Å². The summed E-state index contributed by atoms with van der Waals surface area (Å²) in [6.45, 7) is 6.88. The molecule has 4 unspecified atom stereocenters. The standard InChI is InChI=1S/C18H34O5SSi/c1-14(12-24-13-15(20)11-19)16(21)23-9-6-10-25(22-4)17(2)7-5-8-18(17,25)3/h14-15,19-20H,5-13H2,1-4H3. The molecule has 0 aromatic carbocycles. The molecule has 25 heavy (non-hydrogen) atoms. The van der Waals surface area contributed by atoms with E-state index in [9.17, 15) is 9.90 Å². The van der Waals surface area contributed by atoms with Gasteiger partial charge in [0.1, 0.15) is 0 Å². The minimum Gasteiger partial charge on any atom is -0.465 e. The van der Waals surface area contributed by atoms with Crippen molar-refractivity contribution in [3.8, 4) is 0 Å². The number of thioether (sulfide) groups is 1. The largest absolute Gasteiger partial charge is 0.465 e. The molecule has 2 rings (SSSR count). The lowest BCUT2D eigenvalue weighted by atomic mass is 10.0. The topological polar surface area (TPSA) is 76.0 Å². The summed E-state index contributed by atoms with van der Waals surface area (Å²) < 4.78 is 11.6. The molecule has 4 atom stereocenters. The molecule has 0 radical (unpaired) electrons. The molecule has 7 heteroatoms. The number of aliphatic hydroxyl groups is 2. The van der Waals surface area contributed by atoms with E-state index < -0.39 is 14.4 Å². The predicted octanol–water partition coefficient (Wildman–Crippen LogP) is 2.95. The summed E-state index contributed by atoms with van der Waals surface area (Å²) in [5.74, 6) is 0.670. The molecule has 1 aliphatic carbocycles. The fourth-order valence-corrected chi connectivity index (χ4v) is 13.0. The van der Waals surface area contributed by atoms with Gasteiger partial charge in [0.25, 0.3) is 0 Å². The fourth-order valence-electron chi connectivity index (χ4n) is 5.12. The van der Waals surface area contributed by atoms with E-state index in [0.717, 1.165) is 12.5 Å². The Labute approximate surface area is 157 Å². The molecule has 0 amide bonds. The van der Waals surface area contributed by atoms with Crippen LogP contribution in [0.3, 0.4) is 0 Å². The lowest BCUT2D eigenvalue weighted by Gasteiger charge is -2.22. The lowest BCUT2D eigenvalue weighted by molar-refractivity contribution is -0.147. The van der Waals surface area contributed by atoms with Gasteiger partial charge in [0.15, 0.2) is 0 Å². The number of fused-ring (bicyclic) bond motifs is 1. The summed E-state index contributed by atoms with van der Waals surface area (Å²) in [7, 11) is 0.176. The Morgan fingerprint density at radius 3 is 2.48 bits per heavy atom. The Hall–Kier alpha value is -0.0831. The molecule has 0 aromatic rings. The molecule has 146 valence electrons. The number of rotatable bonds is 11. The van der Waals surface area contributed by atoms with Crippen LogP contribution in [0.5, 0.6) is 0 Å². The molecular formula is C18H34O5SSi. The van der Waals surface area contributed by atoms with Gasteiger partial charge < -0.3 is 19.4 Å². The molecule has 0 aromatic heterocycles. The zero-order chi connectivity index (χ0) is 18.7. The van der Waals surface area contributed by atoms with E-state index in [1.54, 1.807) is 0 Å². The first-order chi connectivity index (χ1) is 11.8. The number of esters is 1. The molecule has 1 saturated carbocycles. The summed E-state index contributed by atoms with van der Waals surface area (Å²) in [5.41, 5.74) is 0. The van der Waals surface area contributed by atoms with Crippen LogP contribution in [0.15, 0.2) is 0 Å². The van der Waals surface area contributed by atoms with Crippen LogP contribution >= 0.6 is 11.8 Å². The molecular weight excluding hydrogens is 356 g/mol. The Kier molecular flexibility index (Phi) is 7.04. The van der Waals surface area contributed by atoms with E-state index >= 15 is 0 Å². The van der Waals surface area contributed by atoms with Crippen LogP contribution in [0.2, 0.25) is 16.1 Å². The number of carbonyl (C=O) groups excluding carboxylic acids is 1. The quantitative estimate of drug-likeness (QED) is 0.321. The molecule has 0 spiro atoms. The molecule has 2 fully saturated rings. The van der Waals surface area contributed by atoms with Gasteiger partial charge in [0, 0.05) is 18.6 Å². The first kappa shape index (κ1) is 21.2. The molecule has 1 saturated heterocycles. The van der Waals surface area contributed by atoms with Gasteiger partial charge in [0.2, 0.25) is 8.32 Å². The second-order valence-electron chi connectivity index (χ2n) is 8.09. The maximum atomic E-state index is 12.1. The van der Waals surface area contributed by atoms with Gasteiger partial charge in [-0.05, 0) is 35.4 Å². The number of hydrogen-bond acceptors (Lipinski definition) is 6. The van der Waals surface area contributed by atoms with E-state index in [-0.39, 0.29) is 18.5 Å². The second-order valence-corrected chi connectivity index (χ2v) is 13.9. The zero-order valence-corrected chi connectivity index (χ0v) is 17.9. The van der Waals surface area contributed by atoms with Gasteiger partial charge in [-0.1, -0.05) is 27.2 Å². The van der Waals surface area contributed by atoms with Crippen molar-refractivity contribution in [3.05, 3.63) is 0 Å². The van der Waals surface area contributed by atoms with Crippen molar-refractivity contribution >= 4 is 26.0 Å². The van der Waals surface area contributed by atoms with E-state index in [2.05, 4.69) is 13.8 Å². The number of carbonyl (C=O) groups is 1. The van der Waals surface area contributed by atoms with Crippen molar-refractivity contribution in [2.24, 2.45) is 5.92 Å². The fraction of sp³-hybridized carbons (Fsp3) is 0.944. The second kappa shape index (κ2) is 8.29. The predicted molar refractivity (Wildman–Crippen MR) is 103 cm³/mol. The Morgan fingerprint density at radius 1 is 1.28 bits per heavy atom. The van der Waals surface area contributed by atoms with Crippen molar-refractivity contribution in [1.82, 2.24) is 0 Å². The molecule has 5 nitrogen and oxygen atoms in total. The van der Waals surface area contributed by atoms with Gasteiger partial charge in [-0.2, -0.15) is 11.8 Å². The van der Waals surface area contributed by atoms with Crippen molar-refractivity contribution in [2.75, 3.05) is 31.8 Å². The zero-order valence-electron chi connectivity index (χ0n) is 16.0. The average molecular weight is 391 g/mol. The number of hydrogen-bond donors (Lipinski definition) is 2. The van der Waals surface area contributed by atoms with Gasteiger partial charge in [-0.3, -0.25) is 4.79 Å². The molecule has 1 aliphatic heterocycles. The average Bonchev–Trinajstić information content (AvgIpc) is 2.80. The minimum absolute atomic E-state index is 0.174. The summed E-state index contributed by atoms with van der Waals surface area (Å²) in [6.07, 6.45) is 4.07. The molecule has 2 N–H and O–H groups in total. The monoisotopic (exact) mass is 390 g/mol. The highest BCUT2D eigenvalue weighted by atomic mass is 32.2. The van der Waals surface area contributed by atoms with E-state index in [1.165, 1.54) is 31.0 Å². The Morgan fingerprint density at radius 2 is 1.92 bits per heavy atom. The van der Waals surface area contributed by atoms with Crippen molar-refractivity contribution in [2.45, 2.75) is 68.7 Å². The summed E-state index contributed by atoms with van der Waals surface area (Å²) in [4.78, 5) is 12.1. The first-order valence-electron chi connectivity index (χ1n) is 9.36. The van der Waals surface area contributed by atoms with Crippen LogP contribution in [0.4, 0.5) is 0 Å². The maximum absolute atomic E-state index is 12.1. The summed E-state index contributed by atoms with van der Waals surface area (Å²) in [6, 6.07) is 1.08. The summed E-state index contributed by atoms with van der Waals surface area (Å²) in [5, 5.41) is 18.9. The van der Waals surface area contributed by atoms with Crippen molar-refractivity contribution in [1.29, 1.82) is 0 Å². The highest BCUT2D eigenvalue weighted by Crippen LogP contribution is 2.90. The van der Waals surface area contributed by atoms with Crippen molar-refractivity contribution < 1.29 is 24.2 Å². The van der Waals surface area contributed by atoms with E-state index in [1.807, 2.05) is 14.0 Å². The Balaban J connectivity index is 1.67. The van der Waals surface area contributed by atoms with Gasteiger partial charge >= 0.3 is 5.97 Å². The van der Waals surface area contributed by atoms with Gasteiger partial charge in [-0.15, -0.1) is 0 Å². The third-order valence-corrected chi connectivity index (χ3v) is 14.9. The van der Waals surface area contributed by atoms with Gasteiger partial charge in [-0.25, -0.2) is 0 Å². The SMILES string of the molecule is CO[Si]1(CCCOC(=O)C(C)CSCC(O)CO)C2(C)CCCC21C. The smallest absolute Gasteiger partial charge is 0.309 e. The van der Waals surface area contributed by atoms with E-state index in [4.69, 9.17) is 14.3 Å². The van der Waals surface area contributed by atoms with Gasteiger partial charge in [0.05, 0.1) is 25.2 Å². The van der Waals surface area contributed by atoms with Crippen LogP contribution in [0.1, 0.15) is 46.5 Å². The molecule has 1 heterocycles. The number of aliphatic hydroxyl groups excluding tert-OH is 2. The minimum atomic E-state index is -1.71. The lowest BCUT2D eigenvalue weighted by Crippen LogP contribution is -2.29. The van der Waals surface area contributed by atoms with E-state index in [0.29, 0.717) is 28.2 Å². The molecule has 2 aliphatic rings. The number of ether oxygens (including phenoxy) is 1. The van der Waals surface area contributed by atoms with Crippen LogP contribution in [0, 0.1) is 5.92 Å². The van der Waals surface area contributed by atoms with Crippen LogP contribution in [0.25, 0.3) is 0 Å². The first-order valence-corrected chi connectivity index (χ1v) is 12.6. The normalized spacial score (nSPS) is 35.9. The van der Waals surface area contributed by atoms with Crippen LogP contribution in [-0.4, -0.2) is 62.4 Å². The third-order valence-electron chi connectivity index (χ3n) is 6.85. The van der Waals surface area contributed by atoms with Crippen molar-refractivity contribution in [3.63, 3.8) is 0 Å². The highest BCUT2D eigenvalue weighted by molar-refractivity contribution is 7.99. The molecule has 0 bridgehead atoms. The van der Waals surface area contributed by atoms with Crippen LogP contribution < -0.4 is 0 Å². The maximum Gasteiger partial charge on any atom is 0.309 e. The third kappa shape index (κ3) is 3.67. The highest BCUT2D eigenvalue weighted by Gasteiger charge is 2.85. The Bertz CT molecular complexity index is 460. The summed E-state index contributed by atoms with van der Waals surface area (Å²) >= 11 is 1.47.